The minimum atomic E-state index is -0.296. The van der Waals surface area contributed by atoms with Gasteiger partial charge in [-0.05, 0) is 43.2 Å². The molecule has 2 amide bonds. The Morgan fingerprint density at radius 1 is 0.920 bits per heavy atom. The smallest absolute Gasteiger partial charge is 0.231 e. The van der Waals surface area contributed by atoms with Gasteiger partial charge in [0.05, 0.1) is 11.8 Å². The van der Waals surface area contributed by atoms with E-state index >= 15 is 0 Å². The lowest BCUT2D eigenvalue weighted by Gasteiger charge is -2.07. The molecular formula is C19H18N2O4. The number of benzene rings is 2. The summed E-state index contributed by atoms with van der Waals surface area (Å²) in [5.41, 5.74) is 2.47. The predicted molar refractivity (Wildman–Crippen MR) is 92.6 cm³/mol. The van der Waals surface area contributed by atoms with E-state index in [0.29, 0.717) is 23.6 Å². The first kappa shape index (κ1) is 15.5. The molecule has 6 heteroatoms. The second kappa shape index (κ2) is 6.12. The van der Waals surface area contributed by atoms with Gasteiger partial charge in [0.1, 0.15) is 0 Å². The quantitative estimate of drug-likeness (QED) is 0.899. The lowest BCUT2D eigenvalue weighted by atomic mass is 10.2. The Hall–Kier alpha value is -3.02. The van der Waals surface area contributed by atoms with Crippen molar-refractivity contribution in [3.05, 3.63) is 48.0 Å². The molecule has 1 saturated carbocycles. The molecule has 128 valence electrons. The Labute approximate surface area is 145 Å². The second-order valence-electron chi connectivity index (χ2n) is 6.36. The van der Waals surface area contributed by atoms with Crippen LogP contribution in [0, 0.1) is 18.8 Å². The summed E-state index contributed by atoms with van der Waals surface area (Å²) >= 11 is 0. The molecule has 1 aliphatic carbocycles. The average Bonchev–Trinajstić information content (AvgIpc) is 3.26. The fraction of sp³-hybridized carbons (Fsp3) is 0.263. The van der Waals surface area contributed by atoms with E-state index in [2.05, 4.69) is 10.6 Å². The Balaban J connectivity index is 1.34. The molecule has 2 unspecified atom stereocenters. The number of rotatable bonds is 4. The van der Waals surface area contributed by atoms with Crippen LogP contribution >= 0.6 is 0 Å². The first-order valence-electron chi connectivity index (χ1n) is 8.18. The van der Waals surface area contributed by atoms with Gasteiger partial charge in [-0.3, -0.25) is 9.59 Å². The van der Waals surface area contributed by atoms with E-state index in [1.807, 2.05) is 31.2 Å². The fourth-order valence-corrected chi connectivity index (χ4v) is 2.94. The number of anilines is 2. The largest absolute Gasteiger partial charge is 0.454 e. The molecule has 0 bridgehead atoms. The zero-order chi connectivity index (χ0) is 17.4. The van der Waals surface area contributed by atoms with Crippen molar-refractivity contribution in [1.82, 2.24) is 0 Å². The summed E-state index contributed by atoms with van der Waals surface area (Å²) in [6, 6.07) is 12.8. The molecular weight excluding hydrogens is 320 g/mol. The van der Waals surface area contributed by atoms with E-state index in [9.17, 15) is 9.59 Å². The number of hydrogen-bond acceptors (Lipinski definition) is 4. The first-order valence-corrected chi connectivity index (χ1v) is 8.18. The number of ether oxygens (including phenoxy) is 2. The molecule has 2 aromatic rings. The van der Waals surface area contributed by atoms with Crippen molar-refractivity contribution >= 4 is 23.2 Å². The van der Waals surface area contributed by atoms with E-state index in [0.717, 1.165) is 11.3 Å². The van der Waals surface area contributed by atoms with E-state index in [-0.39, 0.29) is 30.4 Å². The van der Waals surface area contributed by atoms with Crippen molar-refractivity contribution in [2.45, 2.75) is 13.3 Å². The van der Waals surface area contributed by atoms with E-state index in [1.165, 1.54) is 0 Å². The lowest BCUT2D eigenvalue weighted by Crippen LogP contribution is -2.20. The third-order valence-corrected chi connectivity index (χ3v) is 4.39. The summed E-state index contributed by atoms with van der Waals surface area (Å²) in [4.78, 5) is 24.6. The fourth-order valence-electron chi connectivity index (χ4n) is 2.94. The summed E-state index contributed by atoms with van der Waals surface area (Å²) in [7, 11) is 0. The molecule has 0 spiro atoms. The maximum Gasteiger partial charge on any atom is 0.231 e. The van der Waals surface area contributed by atoms with Gasteiger partial charge in [-0.15, -0.1) is 0 Å². The Kier molecular flexibility index (Phi) is 3.80. The number of aryl methyl sites for hydroxylation is 1. The first-order chi connectivity index (χ1) is 12.1. The predicted octanol–water partition coefficient (Wildman–Crippen LogP) is 2.94. The van der Waals surface area contributed by atoms with Gasteiger partial charge in [0.15, 0.2) is 11.5 Å². The number of hydrogen-bond donors (Lipinski definition) is 2. The topological polar surface area (TPSA) is 76.7 Å². The lowest BCUT2D eigenvalue weighted by molar-refractivity contribution is -0.122. The molecule has 2 aromatic carbocycles. The minimum Gasteiger partial charge on any atom is -0.454 e. The van der Waals surface area contributed by atoms with Gasteiger partial charge in [-0.2, -0.15) is 0 Å². The van der Waals surface area contributed by atoms with Crippen LogP contribution in [-0.2, 0) is 9.59 Å². The van der Waals surface area contributed by atoms with Gasteiger partial charge < -0.3 is 20.1 Å². The van der Waals surface area contributed by atoms with Crippen molar-refractivity contribution < 1.29 is 19.1 Å². The standard InChI is InChI=1S/C19H18N2O4/c1-11-3-2-4-12(7-11)20-18(22)14-9-15(14)19(23)21-13-5-6-16-17(8-13)25-10-24-16/h2-8,14-15H,9-10H2,1H3,(H,20,22)(H,21,23). The Bertz CT molecular complexity index is 849. The van der Waals surface area contributed by atoms with Crippen LogP contribution in [-0.4, -0.2) is 18.6 Å². The van der Waals surface area contributed by atoms with Crippen molar-refractivity contribution in [2.24, 2.45) is 11.8 Å². The molecule has 4 rings (SSSR count). The Morgan fingerprint density at radius 2 is 1.60 bits per heavy atom. The highest BCUT2D eigenvalue weighted by atomic mass is 16.7. The van der Waals surface area contributed by atoms with Crippen LogP contribution in [0.2, 0.25) is 0 Å². The molecule has 2 N–H and O–H groups in total. The van der Waals surface area contributed by atoms with Crippen LogP contribution < -0.4 is 20.1 Å². The van der Waals surface area contributed by atoms with Crippen LogP contribution in [0.3, 0.4) is 0 Å². The van der Waals surface area contributed by atoms with E-state index < -0.39 is 0 Å². The second-order valence-corrected chi connectivity index (χ2v) is 6.36. The van der Waals surface area contributed by atoms with Gasteiger partial charge in [0.25, 0.3) is 0 Å². The highest BCUT2D eigenvalue weighted by Crippen LogP contribution is 2.41. The zero-order valence-electron chi connectivity index (χ0n) is 13.7. The molecule has 6 nitrogen and oxygen atoms in total. The molecule has 0 aromatic heterocycles. The number of amides is 2. The van der Waals surface area contributed by atoms with Crippen LogP contribution in [0.5, 0.6) is 11.5 Å². The van der Waals surface area contributed by atoms with Crippen molar-refractivity contribution in [3.8, 4) is 11.5 Å². The summed E-state index contributed by atoms with van der Waals surface area (Å²) in [5, 5.41) is 5.71. The molecule has 25 heavy (non-hydrogen) atoms. The van der Waals surface area contributed by atoms with Crippen molar-refractivity contribution in [2.75, 3.05) is 17.4 Å². The van der Waals surface area contributed by atoms with Gasteiger partial charge in [0, 0.05) is 17.4 Å². The number of nitrogens with one attached hydrogen (secondary N) is 2. The van der Waals surface area contributed by atoms with E-state index in [1.54, 1.807) is 18.2 Å². The highest BCUT2D eigenvalue weighted by molar-refractivity contribution is 6.03. The summed E-state index contributed by atoms with van der Waals surface area (Å²) in [6.45, 7) is 2.16. The normalized spacial score (nSPS) is 20.0. The van der Waals surface area contributed by atoms with Crippen LogP contribution in [0.1, 0.15) is 12.0 Å². The number of carbonyl (C=O) groups excluding carboxylic acids is 2. The molecule has 0 radical (unpaired) electrons. The number of fused-ring (bicyclic) bond motifs is 1. The SMILES string of the molecule is Cc1cccc(NC(=O)C2CC2C(=O)Nc2ccc3c(c2)OCO3)c1. The molecule has 0 saturated heterocycles. The maximum atomic E-state index is 12.3. The molecule has 2 aliphatic rings. The molecule has 1 fully saturated rings. The summed E-state index contributed by atoms with van der Waals surface area (Å²) in [6.07, 6.45) is 0.564. The van der Waals surface area contributed by atoms with Crippen molar-refractivity contribution in [1.29, 1.82) is 0 Å². The summed E-state index contributed by atoms with van der Waals surface area (Å²) in [5.74, 6) is 0.437. The summed E-state index contributed by atoms with van der Waals surface area (Å²) < 4.78 is 10.5. The van der Waals surface area contributed by atoms with Gasteiger partial charge >= 0.3 is 0 Å². The van der Waals surface area contributed by atoms with Crippen LogP contribution in [0.15, 0.2) is 42.5 Å². The third kappa shape index (κ3) is 3.28. The van der Waals surface area contributed by atoms with Gasteiger partial charge in [-0.1, -0.05) is 12.1 Å². The van der Waals surface area contributed by atoms with Gasteiger partial charge in [0.2, 0.25) is 18.6 Å². The molecule has 1 heterocycles. The van der Waals surface area contributed by atoms with Gasteiger partial charge in [-0.25, -0.2) is 0 Å². The highest BCUT2D eigenvalue weighted by Gasteiger charge is 2.48. The number of carbonyl (C=O) groups is 2. The van der Waals surface area contributed by atoms with Crippen LogP contribution in [0.25, 0.3) is 0 Å². The Morgan fingerprint density at radius 3 is 2.32 bits per heavy atom. The van der Waals surface area contributed by atoms with Crippen molar-refractivity contribution in [3.63, 3.8) is 0 Å². The zero-order valence-corrected chi connectivity index (χ0v) is 13.7. The monoisotopic (exact) mass is 338 g/mol. The average molecular weight is 338 g/mol. The van der Waals surface area contributed by atoms with E-state index in [4.69, 9.17) is 9.47 Å². The minimum absolute atomic E-state index is 0.114. The third-order valence-electron chi connectivity index (χ3n) is 4.39. The molecule has 2 atom stereocenters. The van der Waals surface area contributed by atoms with Crippen LogP contribution in [0.4, 0.5) is 11.4 Å². The molecule has 1 aliphatic heterocycles. The maximum absolute atomic E-state index is 12.3.